The highest BCUT2D eigenvalue weighted by Gasteiger charge is 2.18. The van der Waals surface area contributed by atoms with Crippen LogP contribution in [0.25, 0.3) is 0 Å². The predicted molar refractivity (Wildman–Crippen MR) is 69.5 cm³/mol. The van der Waals surface area contributed by atoms with Crippen molar-refractivity contribution in [3.63, 3.8) is 0 Å². The zero-order valence-corrected chi connectivity index (χ0v) is 10.8. The second-order valence-corrected chi connectivity index (χ2v) is 4.22. The van der Waals surface area contributed by atoms with Crippen LogP contribution in [0.3, 0.4) is 0 Å². The Labute approximate surface area is 113 Å². The van der Waals surface area contributed by atoms with Gasteiger partial charge in [-0.2, -0.15) is 0 Å². The smallest absolute Gasteiger partial charge is 0.336 e. The summed E-state index contributed by atoms with van der Waals surface area (Å²) < 4.78 is 4.33. The number of aryl methyl sites for hydroxylation is 1. The average Bonchev–Trinajstić information content (AvgIpc) is 2.79. The predicted octanol–water partition coefficient (Wildman–Crippen LogP) is 1.22. The van der Waals surface area contributed by atoms with Gasteiger partial charge in [0.1, 0.15) is 0 Å². The molecule has 0 aliphatic carbocycles. The molecule has 0 unspecified atom stereocenters. The van der Waals surface area contributed by atoms with E-state index in [1.54, 1.807) is 19.9 Å². The van der Waals surface area contributed by atoms with Crippen LogP contribution in [0.5, 0.6) is 0 Å². The van der Waals surface area contributed by atoms with Crippen LogP contribution in [0.2, 0.25) is 0 Å². The fourth-order valence-electron chi connectivity index (χ4n) is 1.70. The Morgan fingerprint density at radius 1 is 1.30 bits per heavy atom. The van der Waals surface area contributed by atoms with E-state index in [1.165, 1.54) is 6.07 Å². The lowest BCUT2D eigenvalue weighted by Crippen LogP contribution is -2.15. The molecule has 0 saturated heterocycles. The van der Waals surface area contributed by atoms with Gasteiger partial charge in [-0.05, 0) is 47.4 Å². The van der Waals surface area contributed by atoms with Gasteiger partial charge in [0.25, 0.3) is 5.91 Å². The van der Waals surface area contributed by atoms with Crippen LogP contribution in [-0.4, -0.2) is 27.3 Å². The third kappa shape index (κ3) is 2.44. The molecular formula is C12H12N4O4. The molecule has 8 nitrogen and oxygen atoms in total. The second-order valence-electron chi connectivity index (χ2n) is 4.22. The lowest BCUT2D eigenvalue weighted by molar-refractivity contribution is 0.0695. The first-order chi connectivity index (χ1) is 9.40. The summed E-state index contributed by atoms with van der Waals surface area (Å²) in [7, 11) is 0. The number of nitrogens with two attached hydrogens (primary N) is 1. The van der Waals surface area contributed by atoms with Gasteiger partial charge in [0.05, 0.1) is 5.56 Å². The summed E-state index contributed by atoms with van der Waals surface area (Å²) in [5.74, 6) is -1.82. The maximum absolute atomic E-state index is 11.9. The van der Waals surface area contributed by atoms with Crippen molar-refractivity contribution in [2.45, 2.75) is 13.8 Å². The van der Waals surface area contributed by atoms with E-state index < -0.39 is 11.9 Å². The summed E-state index contributed by atoms with van der Waals surface area (Å²) in [6.07, 6.45) is 0. The second kappa shape index (κ2) is 5.00. The number of aromatic nitrogens is 2. The summed E-state index contributed by atoms with van der Waals surface area (Å²) in [5, 5.41) is 18.3. The first-order valence-corrected chi connectivity index (χ1v) is 5.64. The number of benzene rings is 1. The third-order valence-electron chi connectivity index (χ3n) is 2.88. The van der Waals surface area contributed by atoms with Crippen molar-refractivity contribution < 1.29 is 19.3 Å². The van der Waals surface area contributed by atoms with Gasteiger partial charge < -0.3 is 16.2 Å². The number of carboxylic acid groups (broad SMARTS) is 1. The number of amides is 1. The van der Waals surface area contributed by atoms with Crippen LogP contribution in [0, 0.1) is 13.8 Å². The number of carbonyl (C=O) groups excluding carboxylic acids is 1. The fourth-order valence-corrected chi connectivity index (χ4v) is 1.70. The Balaban J connectivity index is 2.33. The van der Waals surface area contributed by atoms with E-state index in [1.807, 2.05) is 0 Å². The molecule has 0 bridgehead atoms. The number of anilines is 2. The molecule has 8 heteroatoms. The van der Waals surface area contributed by atoms with Crippen LogP contribution >= 0.6 is 0 Å². The molecule has 0 radical (unpaired) electrons. The van der Waals surface area contributed by atoms with Crippen LogP contribution < -0.4 is 11.1 Å². The first kappa shape index (κ1) is 13.5. The standard InChI is InChI=1S/C12H12N4O4/c1-5-3-7(4-8(6(5)2)12(18)19)14-11(17)9-10(13)16-20-15-9/h3-4H,1-2H3,(H2,13,16)(H,14,17)(H,18,19). The van der Waals surface area contributed by atoms with E-state index >= 15 is 0 Å². The van der Waals surface area contributed by atoms with Crippen molar-refractivity contribution in [2.24, 2.45) is 0 Å². The van der Waals surface area contributed by atoms with E-state index in [9.17, 15) is 9.59 Å². The quantitative estimate of drug-likeness (QED) is 0.767. The van der Waals surface area contributed by atoms with Gasteiger partial charge >= 0.3 is 5.97 Å². The van der Waals surface area contributed by atoms with E-state index in [0.29, 0.717) is 11.3 Å². The summed E-state index contributed by atoms with van der Waals surface area (Å²) in [5.41, 5.74) is 7.08. The number of rotatable bonds is 3. The number of hydrogen-bond acceptors (Lipinski definition) is 6. The Kier molecular flexibility index (Phi) is 3.38. The molecular weight excluding hydrogens is 264 g/mol. The zero-order chi connectivity index (χ0) is 14.9. The Hall–Kier alpha value is -2.90. The molecule has 4 N–H and O–H groups in total. The van der Waals surface area contributed by atoms with Crippen molar-refractivity contribution in [1.29, 1.82) is 0 Å². The Bertz CT molecular complexity index is 693. The minimum absolute atomic E-state index is 0.117. The van der Waals surface area contributed by atoms with Crippen LogP contribution in [0.15, 0.2) is 16.8 Å². The molecule has 0 fully saturated rings. The molecule has 0 aliphatic heterocycles. The first-order valence-electron chi connectivity index (χ1n) is 5.64. The summed E-state index contributed by atoms with van der Waals surface area (Å²) >= 11 is 0. The molecule has 2 aromatic rings. The molecule has 1 aromatic carbocycles. The molecule has 20 heavy (non-hydrogen) atoms. The van der Waals surface area contributed by atoms with Crippen LogP contribution in [0.1, 0.15) is 32.0 Å². The summed E-state index contributed by atoms with van der Waals surface area (Å²) in [6, 6.07) is 3.02. The lowest BCUT2D eigenvalue weighted by Gasteiger charge is -2.09. The normalized spacial score (nSPS) is 10.3. The number of carboxylic acids is 1. The average molecular weight is 276 g/mol. The molecule has 0 aliphatic rings. The number of hydrogen-bond donors (Lipinski definition) is 3. The van der Waals surface area contributed by atoms with Gasteiger partial charge in [-0.25, -0.2) is 9.42 Å². The highest BCUT2D eigenvalue weighted by Crippen LogP contribution is 2.21. The maximum atomic E-state index is 11.9. The SMILES string of the molecule is Cc1cc(NC(=O)c2nonc2N)cc(C(=O)O)c1C. The molecule has 1 aromatic heterocycles. The molecule has 104 valence electrons. The van der Waals surface area contributed by atoms with E-state index in [0.717, 1.165) is 5.56 Å². The Morgan fingerprint density at radius 3 is 2.55 bits per heavy atom. The molecule has 1 amide bonds. The van der Waals surface area contributed by atoms with Gasteiger partial charge in [-0.1, -0.05) is 0 Å². The minimum Gasteiger partial charge on any atom is -0.478 e. The highest BCUT2D eigenvalue weighted by molar-refractivity contribution is 6.06. The highest BCUT2D eigenvalue weighted by atomic mass is 16.6. The number of nitrogens with zero attached hydrogens (tertiary/aromatic N) is 2. The molecule has 0 atom stereocenters. The van der Waals surface area contributed by atoms with E-state index in [-0.39, 0.29) is 17.1 Å². The van der Waals surface area contributed by atoms with Crippen molar-refractivity contribution in [3.05, 3.63) is 34.5 Å². The van der Waals surface area contributed by atoms with Crippen molar-refractivity contribution in [3.8, 4) is 0 Å². The van der Waals surface area contributed by atoms with Gasteiger partial charge in [-0.15, -0.1) is 0 Å². The van der Waals surface area contributed by atoms with Crippen LogP contribution in [0.4, 0.5) is 11.5 Å². The van der Waals surface area contributed by atoms with E-state index in [2.05, 4.69) is 20.3 Å². The van der Waals surface area contributed by atoms with Crippen molar-refractivity contribution >= 4 is 23.4 Å². The lowest BCUT2D eigenvalue weighted by atomic mass is 10.0. The summed E-state index contributed by atoms with van der Waals surface area (Å²) in [4.78, 5) is 23.0. The number of nitrogens with one attached hydrogen (secondary N) is 1. The van der Waals surface area contributed by atoms with Gasteiger partial charge in [-0.3, -0.25) is 4.79 Å². The number of carbonyl (C=O) groups is 2. The van der Waals surface area contributed by atoms with Crippen LogP contribution in [-0.2, 0) is 0 Å². The minimum atomic E-state index is -1.07. The molecule has 2 rings (SSSR count). The maximum Gasteiger partial charge on any atom is 0.336 e. The van der Waals surface area contributed by atoms with Crippen molar-refractivity contribution in [2.75, 3.05) is 11.1 Å². The number of aromatic carboxylic acids is 1. The zero-order valence-electron chi connectivity index (χ0n) is 10.8. The van der Waals surface area contributed by atoms with E-state index in [4.69, 9.17) is 10.8 Å². The topological polar surface area (TPSA) is 131 Å². The van der Waals surface area contributed by atoms with Gasteiger partial charge in [0, 0.05) is 5.69 Å². The van der Waals surface area contributed by atoms with Gasteiger partial charge in [0.15, 0.2) is 0 Å². The monoisotopic (exact) mass is 276 g/mol. The molecule has 0 spiro atoms. The summed E-state index contributed by atoms with van der Waals surface area (Å²) in [6.45, 7) is 3.45. The van der Waals surface area contributed by atoms with Gasteiger partial charge in [0.2, 0.25) is 11.5 Å². The largest absolute Gasteiger partial charge is 0.478 e. The van der Waals surface area contributed by atoms with Crippen molar-refractivity contribution in [1.82, 2.24) is 10.3 Å². The molecule has 1 heterocycles. The Morgan fingerprint density at radius 2 is 2.00 bits per heavy atom. The number of nitrogen functional groups attached to an aromatic ring is 1. The third-order valence-corrected chi connectivity index (χ3v) is 2.88. The molecule has 0 saturated carbocycles. The fraction of sp³-hybridized carbons (Fsp3) is 0.167.